The highest BCUT2D eigenvalue weighted by molar-refractivity contribution is 9.10. The van der Waals surface area contributed by atoms with Crippen molar-refractivity contribution in [3.63, 3.8) is 0 Å². The SMILES string of the molecule is CCCCCCOCc1cc(F)cc(Br)c1. The molecule has 0 atom stereocenters. The second kappa shape index (κ2) is 7.80. The van der Waals surface area contributed by atoms with Gasteiger partial charge in [-0.05, 0) is 30.2 Å². The molecule has 1 aromatic carbocycles. The van der Waals surface area contributed by atoms with Crippen molar-refractivity contribution in [3.05, 3.63) is 34.1 Å². The fourth-order valence-electron chi connectivity index (χ4n) is 1.52. The molecule has 1 rings (SSSR count). The second-order valence-electron chi connectivity index (χ2n) is 3.89. The van der Waals surface area contributed by atoms with Crippen LogP contribution in [-0.2, 0) is 11.3 Å². The molecule has 90 valence electrons. The Morgan fingerprint density at radius 2 is 2.00 bits per heavy atom. The van der Waals surface area contributed by atoms with Crippen molar-refractivity contribution in [1.82, 2.24) is 0 Å². The van der Waals surface area contributed by atoms with Crippen molar-refractivity contribution in [2.45, 2.75) is 39.2 Å². The largest absolute Gasteiger partial charge is 0.377 e. The lowest BCUT2D eigenvalue weighted by atomic mass is 10.2. The maximum absolute atomic E-state index is 13.0. The van der Waals surface area contributed by atoms with E-state index < -0.39 is 0 Å². The van der Waals surface area contributed by atoms with Gasteiger partial charge in [-0.1, -0.05) is 42.1 Å². The number of ether oxygens (including phenoxy) is 1. The van der Waals surface area contributed by atoms with Gasteiger partial charge >= 0.3 is 0 Å². The average molecular weight is 289 g/mol. The van der Waals surface area contributed by atoms with Crippen LogP contribution in [0.25, 0.3) is 0 Å². The van der Waals surface area contributed by atoms with Gasteiger partial charge in [0, 0.05) is 11.1 Å². The van der Waals surface area contributed by atoms with Crippen molar-refractivity contribution in [1.29, 1.82) is 0 Å². The van der Waals surface area contributed by atoms with Crippen LogP contribution in [0.1, 0.15) is 38.2 Å². The zero-order chi connectivity index (χ0) is 11.8. The molecule has 1 nitrogen and oxygen atoms in total. The molecule has 0 N–H and O–H groups in total. The predicted molar refractivity (Wildman–Crippen MR) is 67.9 cm³/mol. The van der Waals surface area contributed by atoms with E-state index in [0.717, 1.165) is 23.1 Å². The second-order valence-corrected chi connectivity index (χ2v) is 4.81. The van der Waals surface area contributed by atoms with E-state index in [4.69, 9.17) is 4.74 Å². The third-order valence-electron chi connectivity index (χ3n) is 2.33. The Hall–Kier alpha value is -0.410. The summed E-state index contributed by atoms with van der Waals surface area (Å²) in [7, 11) is 0. The first-order chi connectivity index (χ1) is 7.72. The van der Waals surface area contributed by atoms with Crippen LogP contribution >= 0.6 is 15.9 Å². The molecular weight excluding hydrogens is 271 g/mol. The average Bonchev–Trinajstić information content (AvgIpc) is 2.22. The van der Waals surface area contributed by atoms with E-state index in [1.807, 2.05) is 6.07 Å². The topological polar surface area (TPSA) is 9.23 Å². The van der Waals surface area contributed by atoms with E-state index in [1.165, 1.54) is 31.4 Å². The molecule has 0 aliphatic rings. The summed E-state index contributed by atoms with van der Waals surface area (Å²) in [5, 5.41) is 0. The number of benzene rings is 1. The van der Waals surface area contributed by atoms with Gasteiger partial charge in [-0.2, -0.15) is 0 Å². The molecule has 0 amide bonds. The first kappa shape index (κ1) is 13.7. The summed E-state index contributed by atoms with van der Waals surface area (Å²) in [6, 6.07) is 4.84. The van der Waals surface area contributed by atoms with E-state index >= 15 is 0 Å². The molecule has 3 heteroatoms. The summed E-state index contributed by atoms with van der Waals surface area (Å²) in [5.41, 5.74) is 0.877. The summed E-state index contributed by atoms with van der Waals surface area (Å²) in [5.74, 6) is -0.223. The van der Waals surface area contributed by atoms with Crippen molar-refractivity contribution in [2.75, 3.05) is 6.61 Å². The van der Waals surface area contributed by atoms with Gasteiger partial charge in [-0.15, -0.1) is 0 Å². The number of halogens is 2. The summed E-state index contributed by atoms with van der Waals surface area (Å²) >= 11 is 3.26. The summed E-state index contributed by atoms with van der Waals surface area (Å²) < 4.78 is 19.3. The number of unbranched alkanes of at least 4 members (excludes halogenated alkanes) is 3. The minimum Gasteiger partial charge on any atom is -0.377 e. The lowest BCUT2D eigenvalue weighted by Crippen LogP contribution is -1.96. The molecule has 0 spiro atoms. The van der Waals surface area contributed by atoms with Crippen LogP contribution in [0.15, 0.2) is 22.7 Å². The molecule has 0 unspecified atom stereocenters. The standard InChI is InChI=1S/C13H18BrFO/c1-2-3-4-5-6-16-10-11-7-12(14)9-13(15)8-11/h7-9H,2-6,10H2,1H3. The van der Waals surface area contributed by atoms with Crippen LogP contribution < -0.4 is 0 Å². The van der Waals surface area contributed by atoms with E-state index in [2.05, 4.69) is 22.9 Å². The first-order valence-corrected chi connectivity index (χ1v) is 6.54. The zero-order valence-electron chi connectivity index (χ0n) is 9.64. The van der Waals surface area contributed by atoms with E-state index in [1.54, 1.807) is 0 Å². The van der Waals surface area contributed by atoms with Crippen LogP contribution in [0.2, 0.25) is 0 Å². The van der Waals surface area contributed by atoms with Crippen molar-refractivity contribution in [3.8, 4) is 0 Å². The number of hydrogen-bond donors (Lipinski definition) is 0. The normalized spacial score (nSPS) is 10.7. The molecule has 0 saturated carbocycles. The van der Waals surface area contributed by atoms with E-state index in [0.29, 0.717) is 6.61 Å². The monoisotopic (exact) mass is 288 g/mol. The van der Waals surface area contributed by atoms with Crippen molar-refractivity contribution in [2.24, 2.45) is 0 Å². The van der Waals surface area contributed by atoms with Gasteiger partial charge in [-0.25, -0.2) is 4.39 Å². The molecule has 0 aliphatic heterocycles. The van der Waals surface area contributed by atoms with Crippen LogP contribution in [0, 0.1) is 5.82 Å². The molecular formula is C13H18BrFO. The first-order valence-electron chi connectivity index (χ1n) is 5.75. The highest BCUT2D eigenvalue weighted by Crippen LogP contribution is 2.15. The molecule has 0 bridgehead atoms. The van der Waals surface area contributed by atoms with E-state index in [-0.39, 0.29) is 5.82 Å². The lowest BCUT2D eigenvalue weighted by molar-refractivity contribution is 0.116. The molecule has 0 radical (unpaired) electrons. The molecule has 0 aromatic heterocycles. The van der Waals surface area contributed by atoms with Crippen LogP contribution in [0.5, 0.6) is 0 Å². The Balaban J connectivity index is 2.21. The predicted octanol–water partition coefficient (Wildman–Crippen LogP) is 4.69. The maximum Gasteiger partial charge on any atom is 0.124 e. The van der Waals surface area contributed by atoms with Crippen LogP contribution in [-0.4, -0.2) is 6.61 Å². The number of rotatable bonds is 7. The Kier molecular flexibility index (Phi) is 6.65. The Morgan fingerprint density at radius 3 is 2.69 bits per heavy atom. The molecule has 0 aliphatic carbocycles. The van der Waals surface area contributed by atoms with Crippen LogP contribution in [0.3, 0.4) is 0 Å². The zero-order valence-corrected chi connectivity index (χ0v) is 11.2. The minimum atomic E-state index is -0.223. The lowest BCUT2D eigenvalue weighted by Gasteiger charge is -2.05. The summed E-state index contributed by atoms with van der Waals surface area (Å²) in [6.45, 7) is 3.43. The van der Waals surface area contributed by atoms with Crippen molar-refractivity contribution >= 4 is 15.9 Å². The van der Waals surface area contributed by atoms with Gasteiger partial charge in [0.25, 0.3) is 0 Å². The van der Waals surface area contributed by atoms with Gasteiger partial charge in [0.05, 0.1) is 6.61 Å². The van der Waals surface area contributed by atoms with Gasteiger partial charge in [0.2, 0.25) is 0 Å². The number of hydrogen-bond acceptors (Lipinski definition) is 1. The summed E-state index contributed by atoms with van der Waals surface area (Å²) in [4.78, 5) is 0. The Bertz CT molecular complexity index is 295. The minimum absolute atomic E-state index is 0.223. The highest BCUT2D eigenvalue weighted by Gasteiger charge is 1.99. The van der Waals surface area contributed by atoms with Gasteiger partial charge in [0.15, 0.2) is 0 Å². The fraction of sp³-hybridized carbons (Fsp3) is 0.538. The Morgan fingerprint density at radius 1 is 1.19 bits per heavy atom. The third-order valence-corrected chi connectivity index (χ3v) is 2.79. The van der Waals surface area contributed by atoms with Gasteiger partial charge in [-0.3, -0.25) is 0 Å². The quantitative estimate of drug-likeness (QED) is 0.662. The molecule has 0 saturated heterocycles. The molecule has 0 fully saturated rings. The van der Waals surface area contributed by atoms with Crippen LogP contribution in [0.4, 0.5) is 4.39 Å². The third kappa shape index (κ3) is 5.61. The maximum atomic E-state index is 13.0. The van der Waals surface area contributed by atoms with Gasteiger partial charge < -0.3 is 4.74 Å². The fourth-order valence-corrected chi connectivity index (χ4v) is 2.03. The summed E-state index contributed by atoms with van der Waals surface area (Å²) in [6.07, 6.45) is 4.79. The van der Waals surface area contributed by atoms with E-state index in [9.17, 15) is 4.39 Å². The van der Waals surface area contributed by atoms with Gasteiger partial charge in [0.1, 0.15) is 5.82 Å². The Labute approximate surface area is 105 Å². The smallest absolute Gasteiger partial charge is 0.124 e. The van der Waals surface area contributed by atoms with Crippen molar-refractivity contribution < 1.29 is 9.13 Å². The molecule has 1 aromatic rings. The molecule has 0 heterocycles. The highest BCUT2D eigenvalue weighted by atomic mass is 79.9. The molecule has 16 heavy (non-hydrogen) atoms.